The number of carbonyl (C=O) groups excluding carboxylic acids is 4. The molecule has 2 fully saturated rings. The number of H-pyrrole nitrogens is 2. The number of amides is 3. The van der Waals surface area contributed by atoms with Gasteiger partial charge < -0.3 is 40.3 Å². The van der Waals surface area contributed by atoms with Crippen LogP contribution in [0.5, 0.6) is 0 Å². The molecule has 14 heteroatoms. The molecule has 0 radical (unpaired) electrons. The number of carbonyl (C=O) groups is 4. The molecule has 4 aromatic rings. The number of ether oxygens (including phenoxy) is 2. The molecule has 14 nitrogen and oxygen atoms in total. The van der Waals surface area contributed by atoms with Crippen LogP contribution in [-0.2, 0) is 19.1 Å². The van der Waals surface area contributed by atoms with E-state index in [2.05, 4.69) is 47.7 Å². The second-order valence-corrected chi connectivity index (χ2v) is 15.3. The molecule has 2 saturated heterocycles. The molecular weight excluding hydrogens is 725 g/mol. The lowest BCUT2D eigenvalue weighted by molar-refractivity contribution is -0.135. The average Bonchev–Trinajstić information content (AvgIpc) is 4.03. The number of nitrogens with zero attached hydrogens (tertiary/aromatic N) is 3. The highest BCUT2D eigenvalue weighted by Gasteiger charge is 2.39. The third-order valence-electron chi connectivity index (χ3n) is 10.8. The summed E-state index contributed by atoms with van der Waals surface area (Å²) in [5.74, 6) is 7.12. The number of piperidine rings is 1. The molecule has 300 valence electrons. The number of methoxy groups -OCH3 is 2. The van der Waals surface area contributed by atoms with Crippen molar-refractivity contribution in [3.05, 3.63) is 83.7 Å². The number of hydrogen-bond acceptors (Lipinski definition) is 9. The van der Waals surface area contributed by atoms with Crippen LogP contribution in [0.25, 0.3) is 22.5 Å². The Hall–Kier alpha value is -5.94. The Balaban J connectivity index is 1.08. The molecule has 2 aliphatic rings. The number of aromatic nitrogens is 4. The minimum absolute atomic E-state index is 0.0123. The van der Waals surface area contributed by atoms with Gasteiger partial charge in [0.05, 0.1) is 50.1 Å². The summed E-state index contributed by atoms with van der Waals surface area (Å²) < 4.78 is 9.52. The van der Waals surface area contributed by atoms with Crippen molar-refractivity contribution in [1.29, 1.82) is 0 Å². The van der Waals surface area contributed by atoms with Crippen molar-refractivity contribution in [3.8, 4) is 34.4 Å². The van der Waals surface area contributed by atoms with Crippen LogP contribution in [0.2, 0.25) is 0 Å². The van der Waals surface area contributed by atoms with E-state index in [-0.39, 0.29) is 41.4 Å². The molecule has 0 aliphatic carbocycles. The van der Waals surface area contributed by atoms with Gasteiger partial charge in [0.2, 0.25) is 5.91 Å². The van der Waals surface area contributed by atoms with Gasteiger partial charge in [-0.05, 0) is 73.0 Å². The number of alkyl carbamates (subject to hydrolysis) is 2. The largest absolute Gasteiger partial charge is 0.453 e. The molecule has 2 aromatic carbocycles. The fourth-order valence-corrected chi connectivity index (χ4v) is 7.60. The number of likely N-dealkylation sites (tertiary alicyclic amines) is 1. The van der Waals surface area contributed by atoms with Crippen LogP contribution < -0.4 is 16.0 Å². The lowest BCUT2D eigenvalue weighted by atomic mass is 9.78. The smallest absolute Gasteiger partial charge is 0.407 e. The van der Waals surface area contributed by atoms with E-state index in [9.17, 15) is 19.2 Å². The quantitative estimate of drug-likeness (QED) is 0.122. The van der Waals surface area contributed by atoms with E-state index in [0.29, 0.717) is 31.9 Å². The number of benzene rings is 2. The highest BCUT2D eigenvalue weighted by atomic mass is 16.5. The number of Topliss-reactive ketones (excluding diaryl/α,β-unsaturated/α-hetero) is 1. The Kier molecular flexibility index (Phi) is 13.1. The summed E-state index contributed by atoms with van der Waals surface area (Å²) in [6, 6.07) is 14.3. The van der Waals surface area contributed by atoms with Crippen LogP contribution in [-0.4, -0.2) is 94.7 Å². The zero-order valence-electron chi connectivity index (χ0n) is 33.3. The summed E-state index contributed by atoms with van der Waals surface area (Å²) >= 11 is 0. The molecule has 0 bridgehead atoms. The van der Waals surface area contributed by atoms with Crippen LogP contribution in [0.15, 0.2) is 60.9 Å². The topological polar surface area (TPSA) is 183 Å². The SMILES string of the molecule is COC(=O)N[C@H](C(=O)C1CCNC[C@H]1c1ncc(-c2ccc(C#Cc3ccc(-c4cnc([C@@H]5CCCN5C(=O)[C@@H](NC(=O)OC)C(C)C)[nH]4)cc3)cc2)[nH]1)C(C)C. The van der Waals surface area contributed by atoms with Crippen molar-refractivity contribution in [2.24, 2.45) is 17.8 Å². The molecule has 1 unspecified atom stereocenters. The molecule has 2 aromatic heterocycles. The number of aromatic amines is 2. The average molecular weight is 777 g/mol. The molecular formula is C43H52N8O6. The maximum absolute atomic E-state index is 13.7. The second kappa shape index (κ2) is 18.3. The summed E-state index contributed by atoms with van der Waals surface area (Å²) in [5, 5.41) is 8.81. The van der Waals surface area contributed by atoms with Crippen molar-refractivity contribution < 1.29 is 28.7 Å². The highest BCUT2D eigenvalue weighted by molar-refractivity contribution is 5.90. The van der Waals surface area contributed by atoms with Crippen molar-refractivity contribution in [3.63, 3.8) is 0 Å². The van der Waals surface area contributed by atoms with E-state index < -0.39 is 24.3 Å². The van der Waals surface area contributed by atoms with E-state index in [4.69, 9.17) is 9.47 Å². The van der Waals surface area contributed by atoms with Crippen LogP contribution in [0, 0.1) is 29.6 Å². The van der Waals surface area contributed by atoms with Crippen LogP contribution in [0.4, 0.5) is 9.59 Å². The molecule has 0 spiro atoms. The number of imidazole rings is 2. The zero-order chi connectivity index (χ0) is 40.6. The standard InChI is InChI=1S/C43H52N8O6/c1-25(2)36(49-42(54)56-5)38(52)31-19-20-44-22-32(31)39-45-23-33(47-39)29-15-11-27(12-16-29)9-10-28-13-17-30(18-14-28)34-24-46-40(48-34)35-8-7-21-51(35)41(53)37(26(3)4)50-43(55)57-6/h11-18,23-26,31-32,35-37,44H,7-8,19-22H2,1-6H3,(H,45,47)(H,46,48)(H,49,54)(H,50,55)/t31?,32-,35+,36+,37+/m1/s1. The second-order valence-electron chi connectivity index (χ2n) is 15.3. The zero-order valence-corrected chi connectivity index (χ0v) is 33.3. The normalized spacial score (nSPS) is 19.0. The Morgan fingerprint density at radius 3 is 1.82 bits per heavy atom. The fraction of sp³-hybridized carbons (Fsp3) is 0.442. The van der Waals surface area contributed by atoms with E-state index in [1.165, 1.54) is 14.2 Å². The predicted molar refractivity (Wildman–Crippen MR) is 215 cm³/mol. The summed E-state index contributed by atoms with van der Waals surface area (Å²) in [6.45, 7) is 9.52. The minimum Gasteiger partial charge on any atom is -0.453 e. The first-order chi connectivity index (χ1) is 27.5. The predicted octanol–water partition coefficient (Wildman–Crippen LogP) is 5.55. The van der Waals surface area contributed by atoms with Crippen molar-refractivity contribution in [2.45, 2.75) is 71.0 Å². The van der Waals surface area contributed by atoms with E-state index in [1.807, 2.05) is 76.2 Å². The molecule has 5 N–H and O–H groups in total. The monoisotopic (exact) mass is 776 g/mol. The molecule has 5 atom stereocenters. The number of rotatable bonds is 11. The molecule has 2 aliphatic heterocycles. The van der Waals surface area contributed by atoms with Gasteiger partial charge in [-0.25, -0.2) is 19.6 Å². The molecule has 3 amide bonds. The van der Waals surface area contributed by atoms with Crippen molar-refractivity contribution >= 4 is 23.9 Å². The number of hydrogen-bond donors (Lipinski definition) is 5. The van der Waals surface area contributed by atoms with Gasteiger partial charge in [0.1, 0.15) is 17.7 Å². The highest BCUT2D eigenvalue weighted by Crippen LogP contribution is 2.34. The number of nitrogens with one attached hydrogen (secondary N) is 5. The van der Waals surface area contributed by atoms with Gasteiger partial charge in [-0.1, -0.05) is 63.8 Å². The fourth-order valence-electron chi connectivity index (χ4n) is 7.60. The van der Waals surface area contributed by atoms with E-state index in [1.54, 1.807) is 17.3 Å². The summed E-state index contributed by atoms with van der Waals surface area (Å²) in [7, 11) is 2.58. The van der Waals surface area contributed by atoms with Crippen LogP contribution >= 0.6 is 0 Å². The van der Waals surface area contributed by atoms with Gasteiger partial charge in [0.25, 0.3) is 0 Å². The Bertz CT molecular complexity index is 2090. The van der Waals surface area contributed by atoms with Crippen molar-refractivity contribution in [2.75, 3.05) is 33.9 Å². The first-order valence-electron chi connectivity index (χ1n) is 19.5. The molecule has 4 heterocycles. The summed E-state index contributed by atoms with van der Waals surface area (Å²) in [6.07, 6.45) is 4.60. The third-order valence-corrected chi connectivity index (χ3v) is 10.8. The molecule has 6 rings (SSSR count). The van der Waals surface area contributed by atoms with Gasteiger partial charge in [-0.3, -0.25) is 9.59 Å². The minimum atomic E-state index is -0.690. The summed E-state index contributed by atoms with van der Waals surface area (Å²) in [4.78, 5) is 69.1. The van der Waals surface area contributed by atoms with E-state index in [0.717, 1.165) is 52.3 Å². The molecule has 0 saturated carbocycles. The maximum Gasteiger partial charge on any atom is 0.407 e. The summed E-state index contributed by atoms with van der Waals surface area (Å²) in [5.41, 5.74) is 5.30. The van der Waals surface area contributed by atoms with Gasteiger partial charge >= 0.3 is 12.2 Å². The van der Waals surface area contributed by atoms with Gasteiger partial charge in [-0.2, -0.15) is 0 Å². The number of ketones is 1. The lowest BCUT2D eigenvalue weighted by Gasteiger charge is -2.33. The van der Waals surface area contributed by atoms with Gasteiger partial charge in [0, 0.05) is 36.1 Å². The Morgan fingerprint density at radius 1 is 0.754 bits per heavy atom. The maximum atomic E-state index is 13.7. The molecule has 57 heavy (non-hydrogen) atoms. The first kappa shape index (κ1) is 40.7. The third kappa shape index (κ3) is 9.55. The Morgan fingerprint density at radius 2 is 1.28 bits per heavy atom. The Labute approximate surface area is 333 Å². The lowest BCUT2D eigenvalue weighted by Crippen LogP contribution is -2.51. The van der Waals surface area contributed by atoms with Crippen molar-refractivity contribution in [1.82, 2.24) is 40.8 Å². The van der Waals surface area contributed by atoms with Crippen LogP contribution in [0.3, 0.4) is 0 Å². The van der Waals surface area contributed by atoms with Gasteiger partial charge in [-0.15, -0.1) is 0 Å². The van der Waals surface area contributed by atoms with E-state index >= 15 is 0 Å². The first-order valence-corrected chi connectivity index (χ1v) is 19.5. The van der Waals surface area contributed by atoms with Crippen LogP contribution in [0.1, 0.15) is 81.7 Å². The van der Waals surface area contributed by atoms with Gasteiger partial charge in [0.15, 0.2) is 5.78 Å².